The standard InChI is InChI=1S/C17H13N3O3S/c1-22-12-5-3-11(4-6-12)18-16-19-14(9-24-16)10-2-7-13-15(8-10)23-17(21)20-13/h2-9H,1H3,(H,18,19)(H,20,21). The van der Waals surface area contributed by atoms with E-state index in [0.717, 1.165) is 27.8 Å². The highest BCUT2D eigenvalue weighted by molar-refractivity contribution is 7.14. The van der Waals surface area contributed by atoms with Gasteiger partial charge in [0.15, 0.2) is 10.7 Å². The summed E-state index contributed by atoms with van der Waals surface area (Å²) in [5, 5.41) is 6.00. The Morgan fingerprint density at radius 1 is 1.21 bits per heavy atom. The smallest absolute Gasteiger partial charge is 0.417 e. The van der Waals surface area contributed by atoms with Crippen LogP contribution >= 0.6 is 11.3 Å². The number of benzene rings is 2. The monoisotopic (exact) mass is 339 g/mol. The number of ether oxygens (including phenoxy) is 1. The molecule has 0 atom stereocenters. The van der Waals surface area contributed by atoms with Crippen LogP contribution in [0.5, 0.6) is 5.75 Å². The van der Waals surface area contributed by atoms with Gasteiger partial charge in [0.05, 0.1) is 18.3 Å². The summed E-state index contributed by atoms with van der Waals surface area (Å²) in [6.45, 7) is 0. The maximum absolute atomic E-state index is 11.2. The van der Waals surface area contributed by atoms with Crippen molar-refractivity contribution in [3.05, 3.63) is 58.4 Å². The molecule has 7 heteroatoms. The lowest BCUT2D eigenvalue weighted by atomic mass is 10.1. The summed E-state index contributed by atoms with van der Waals surface area (Å²) in [5.74, 6) is 0.351. The molecular weight excluding hydrogens is 326 g/mol. The largest absolute Gasteiger partial charge is 0.497 e. The van der Waals surface area contributed by atoms with E-state index in [9.17, 15) is 4.79 Å². The zero-order chi connectivity index (χ0) is 16.5. The molecule has 0 bridgehead atoms. The van der Waals surface area contributed by atoms with Crippen molar-refractivity contribution >= 4 is 33.3 Å². The maximum Gasteiger partial charge on any atom is 0.417 e. The Morgan fingerprint density at radius 2 is 2.04 bits per heavy atom. The molecule has 6 nitrogen and oxygen atoms in total. The molecule has 2 aromatic carbocycles. The number of hydrogen-bond donors (Lipinski definition) is 2. The highest BCUT2D eigenvalue weighted by Gasteiger charge is 2.08. The SMILES string of the molecule is COc1ccc(Nc2nc(-c3ccc4[nH]c(=O)oc4c3)cs2)cc1. The van der Waals surface area contributed by atoms with Crippen molar-refractivity contribution in [2.24, 2.45) is 0 Å². The molecular formula is C17H13N3O3S. The third-order valence-electron chi connectivity index (χ3n) is 3.56. The first kappa shape index (κ1) is 14.5. The highest BCUT2D eigenvalue weighted by Crippen LogP contribution is 2.29. The summed E-state index contributed by atoms with van der Waals surface area (Å²) in [4.78, 5) is 18.4. The van der Waals surface area contributed by atoms with Gasteiger partial charge in [-0.2, -0.15) is 0 Å². The number of methoxy groups -OCH3 is 1. The van der Waals surface area contributed by atoms with E-state index >= 15 is 0 Å². The van der Waals surface area contributed by atoms with Gasteiger partial charge in [0.1, 0.15) is 5.75 Å². The Kier molecular flexibility index (Phi) is 3.55. The summed E-state index contributed by atoms with van der Waals surface area (Å²) in [6.07, 6.45) is 0. The Bertz CT molecular complexity index is 1050. The number of nitrogens with one attached hydrogen (secondary N) is 2. The van der Waals surface area contributed by atoms with Crippen LogP contribution in [0.15, 0.2) is 57.1 Å². The minimum Gasteiger partial charge on any atom is -0.497 e. The van der Waals surface area contributed by atoms with Gasteiger partial charge < -0.3 is 14.5 Å². The second-order valence-electron chi connectivity index (χ2n) is 5.12. The molecule has 0 amide bonds. The second kappa shape index (κ2) is 5.86. The number of oxazole rings is 1. The molecule has 120 valence electrons. The van der Waals surface area contributed by atoms with E-state index in [4.69, 9.17) is 9.15 Å². The summed E-state index contributed by atoms with van der Waals surface area (Å²) in [7, 11) is 1.64. The van der Waals surface area contributed by atoms with Gasteiger partial charge in [-0.25, -0.2) is 9.78 Å². The second-order valence-corrected chi connectivity index (χ2v) is 5.97. The van der Waals surface area contributed by atoms with Crippen molar-refractivity contribution in [2.45, 2.75) is 0 Å². The lowest BCUT2D eigenvalue weighted by molar-refractivity contribution is 0.415. The molecule has 0 fully saturated rings. The van der Waals surface area contributed by atoms with E-state index in [1.807, 2.05) is 41.8 Å². The molecule has 2 N–H and O–H groups in total. The third kappa shape index (κ3) is 2.77. The van der Waals surface area contributed by atoms with Crippen molar-refractivity contribution < 1.29 is 9.15 Å². The number of thiazole rings is 1. The zero-order valence-electron chi connectivity index (χ0n) is 12.7. The number of anilines is 2. The van der Waals surface area contributed by atoms with Crippen molar-refractivity contribution in [1.82, 2.24) is 9.97 Å². The zero-order valence-corrected chi connectivity index (χ0v) is 13.5. The van der Waals surface area contributed by atoms with Gasteiger partial charge >= 0.3 is 5.76 Å². The van der Waals surface area contributed by atoms with E-state index in [-0.39, 0.29) is 0 Å². The van der Waals surface area contributed by atoms with Crippen LogP contribution in [0.4, 0.5) is 10.8 Å². The lowest BCUT2D eigenvalue weighted by Crippen LogP contribution is -1.92. The number of hydrogen-bond acceptors (Lipinski definition) is 6. The Morgan fingerprint density at radius 3 is 2.83 bits per heavy atom. The first-order valence-corrected chi connectivity index (χ1v) is 8.09. The topological polar surface area (TPSA) is 80.1 Å². The minimum absolute atomic E-state index is 0.456. The number of H-pyrrole nitrogens is 1. The number of nitrogens with zero attached hydrogens (tertiary/aromatic N) is 1. The predicted octanol–water partition coefficient (Wildman–Crippen LogP) is 4.00. The first-order chi connectivity index (χ1) is 11.7. The fourth-order valence-corrected chi connectivity index (χ4v) is 3.11. The van der Waals surface area contributed by atoms with Crippen molar-refractivity contribution in [2.75, 3.05) is 12.4 Å². The Labute approximate surface area is 140 Å². The van der Waals surface area contributed by atoms with Crippen LogP contribution in [0.1, 0.15) is 0 Å². The number of aromatic nitrogens is 2. The summed E-state index contributed by atoms with van der Waals surface area (Å²) >= 11 is 1.51. The van der Waals surface area contributed by atoms with Gasteiger partial charge in [-0.05, 0) is 36.4 Å². The molecule has 0 saturated heterocycles. The lowest BCUT2D eigenvalue weighted by Gasteiger charge is -2.04. The minimum atomic E-state index is -0.456. The first-order valence-electron chi connectivity index (χ1n) is 7.21. The van der Waals surface area contributed by atoms with Crippen molar-refractivity contribution in [1.29, 1.82) is 0 Å². The molecule has 0 aliphatic rings. The molecule has 0 spiro atoms. The van der Waals surface area contributed by atoms with E-state index in [1.54, 1.807) is 13.2 Å². The highest BCUT2D eigenvalue weighted by atomic mass is 32.1. The molecule has 4 aromatic rings. The number of fused-ring (bicyclic) bond motifs is 1. The molecule has 0 aliphatic heterocycles. The third-order valence-corrected chi connectivity index (χ3v) is 4.32. The normalized spacial score (nSPS) is 10.9. The van der Waals surface area contributed by atoms with Gasteiger partial charge in [-0.3, -0.25) is 4.98 Å². The van der Waals surface area contributed by atoms with Gasteiger partial charge in [-0.15, -0.1) is 11.3 Å². The van der Waals surface area contributed by atoms with E-state index < -0.39 is 5.76 Å². The van der Waals surface area contributed by atoms with E-state index in [2.05, 4.69) is 15.3 Å². The molecule has 4 rings (SSSR count). The molecule has 2 heterocycles. The predicted molar refractivity (Wildman–Crippen MR) is 94.2 cm³/mol. The van der Waals surface area contributed by atoms with E-state index in [0.29, 0.717) is 11.1 Å². The van der Waals surface area contributed by atoms with Crippen LogP contribution in [0, 0.1) is 0 Å². The number of rotatable bonds is 4. The average molecular weight is 339 g/mol. The molecule has 0 unspecified atom stereocenters. The molecule has 2 aromatic heterocycles. The fraction of sp³-hybridized carbons (Fsp3) is 0.0588. The molecule has 0 aliphatic carbocycles. The molecule has 24 heavy (non-hydrogen) atoms. The van der Waals surface area contributed by atoms with Crippen LogP contribution in [0.25, 0.3) is 22.4 Å². The van der Waals surface area contributed by atoms with Crippen molar-refractivity contribution in [3.8, 4) is 17.0 Å². The van der Waals surface area contributed by atoms with Crippen LogP contribution in [0.3, 0.4) is 0 Å². The van der Waals surface area contributed by atoms with Crippen LogP contribution in [-0.2, 0) is 0 Å². The Balaban J connectivity index is 1.59. The van der Waals surface area contributed by atoms with Gasteiger partial charge in [-0.1, -0.05) is 6.07 Å². The summed E-state index contributed by atoms with van der Waals surface area (Å²) in [6, 6.07) is 13.2. The molecule has 0 saturated carbocycles. The number of aromatic amines is 1. The Hall–Kier alpha value is -3.06. The summed E-state index contributed by atoms with van der Waals surface area (Å²) in [5.41, 5.74) is 3.85. The summed E-state index contributed by atoms with van der Waals surface area (Å²) < 4.78 is 10.2. The quantitative estimate of drug-likeness (QED) is 0.587. The van der Waals surface area contributed by atoms with Gasteiger partial charge in [0.2, 0.25) is 0 Å². The average Bonchev–Trinajstić information content (AvgIpc) is 3.20. The molecule has 0 radical (unpaired) electrons. The fourth-order valence-electron chi connectivity index (χ4n) is 2.37. The maximum atomic E-state index is 11.2. The van der Waals surface area contributed by atoms with Gasteiger partial charge in [0, 0.05) is 16.6 Å². The van der Waals surface area contributed by atoms with Crippen LogP contribution < -0.4 is 15.8 Å². The van der Waals surface area contributed by atoms with Crippen LogP contribution in [0.2, 0.25) is 0 Å². The van der Waals surface area contributed by atoms with Gasteiger partial charge in [0.25, 0.3) is 0 Å². The van der Waals surface area contributed by atoms with E-state index in [1.165, 1.54) is 11.3 Å². The van der Waals surface area contributed by atoms with Crippen LogP contribution in [-0.4, -0.2) is 17.1 Å². The van der Waals surface area contributed by atoms with Crippen molar-refractivity contribution in [3.63, 3.8) is 0 Å².